The summed E-state index contributed by atoms with van der Waals surface area (Å²) in [4.78, 5) is 12.5. The van der Waals surface area contributed by atoms with Gasteiger partial charge in [-0.15, -0.1) is 0 Å². The first kappa shape index (κ1) is 15.8. The van der Waals surface area contributed by atoms with Crippen LogP contribution >= 0.6 is 0 Å². The van der Waals surface area contributed by atoms with Crippen LogP contribution in [0.5, 0.6) is 5.75 Å². The Hall–Kier alpha value is -3.07. The first-order valence-corrected chi connectivity index (χ1v) is 7.70. The molecule has 0 spiro atoms. The van der Waals surface area contributed by atoms with Gasteiger partial charge in [0.05, 0.1) is 23.3 Å². The van der Waals surface area contributed by atoms with E-state index in [1.165, 1.54) is 12.1 Å². The predicted molar refractivity (Wildman–Crippen MR) is 90.4 cm³/mol. The molecule has 24 heavy (non-hydrogen) atoms. The van der Waals surface area contributed by atoms with E-state index in [9.17, 15) is 15.4 Å². The molecule has 1 aliphatic rings. The van der Waals surface area contributed by atoms with Crippen LogP contribution in [0.15, 0.2) is 42.5 Å². The maximum atomic E-state index is 10.9. The van der Waals surface area contributed by atoms with Crippen molar-refractivity contribution in [2.45, 2.75) is 12.3 Å². The third-order valence-electron chi connectivity index (χ3n) is 4.42. The van der Waals surface area contributed by atoms with Crippen molar-refractivity contribution in [1.82, 2.24) is 0 Å². The van der Waals surface area contributed by atoms with Crippen LogP contribution in [0.4, 0.5) is 11.4 Å². The minimum absolute atomic E-state index is 0.0595. The number of nitro groups is 1. The average molecular weight is 323 g/mol. The van der Waals surface area contributed by atoms with Crippen LogP contribution < -0.4 is 9.64 Å². The van der Waals surface area contributed by atoms with Crippen LogP contribution in [0.1, 0.15) is 23.5 Å². The summed E-state index contributed by atoms with van der Waals surface area (Å²) in [5, 5.41) is 20.2. The van der Waals surface area contributed by atoms with Gasteiger partial charge in [0.15, 0.2) is 0 Å². The zero-order valence-electron chi connectivity index (χ0n) is 13.3. The second kappa shape index (κ2) is 6.59. The Labute approximate surface area is 140 Å². The molecular weight excluding hydrogens is 306 g/mol. The molecule has 1 fully saturated rings. The van der Waals surface area contributed by atoms with Crippen LogP contribution in [-0.4, -0.2) is 25.1 Å². The molecule has 0 bridgehead atoms. The number of anilines is 1. The lowest BCUT2D eigenvalue weighted by molar-refractivity contribution is -0.384. The SMILES string of the molecule is COc1ccccc1C1CCN(c2ccc([N+](=O)[O-])cc2C#N)C1. The number of methoxy groups -OCH3 is 1. The fourth-order valence-electron chi connectivity index (χ4n) is 3.24. The summed E-state index contributed by atoms with van der Waals surface area (Å²) >= 11 is 0. The smallest absolute Gasteiger partial charge is 0.270 e. The standard InChI is InChI=1S/C18H17N3O3/c1-24-18-5-3-2-4-16(18)13-8-9-20(12-13)17-7-6-15(21(22)23)10-14(17)11-19/h2-7,10,13H,8-9,12H2,1H3. The van der Waals surface area contributed by atoms with E-state index < -0.39 is 4.92 Å². The number of nitrogens with zero attached hydrogens (tertiary/aromatic N) is 3. The average Bonchev–Trinajstić information content (AvgIpc) is 3.10. The van der Waals surface area contributed by atoms with Gasteiger partial charge in [0.25, 0.3) is 5.69 Å². The zero-order valence-corrected chi connectivity index (χ0v) is 13.3. The summed E-state index contributed by atoms with van der Waals surface area (Å²) in [5.41, 5.74) is 2.18. The largest absolute Gasteiger partial charge is 0.496 e. The molecule has 0 aliphatic carbocycles. The van der Waals surface area contributed by atoms with Crippen molar-refractivity contribution in [2.75, 3.05) is 25.1 Å². The highest BCUT2D eigenvalue weighted by molar-refractivity contribution is 5.63. The fraction of sp³-hybridized carbons (Fsp3) is 0.278. The minimum Gasteiger partial charge on any atom is -0.496 e. The Kier molecular flexibility index (Phi) is 4.34. The molecule has 6 heteroatoms. The molecular formula is C18H17N3O3. The van der Waals surface area contributed by atoms with E-state index in [4.69, 9.17) is 4.74 Å². The summed E-state index contributed by atoms with van der Waals surface area (Å²) < 4.78 is 5.44. The molecule has 1 heterocycles. The highest BCUT2D eigenvalue weighted by atomic mass is 16.6. The molecule has 122 valence electrons. The first-order valence-electron chi connectivity index (χ1n) is 7.70. The highest BCUT2D eigenvalue weighted by Crippen LogP contribution is 2.36. The summed E-state index contributed by atoms with van der Waals surface area (Å²) in [7, 11) is 1.66. The molecule has 0 amide bonds. The Balaban J connectivity index is 1.86. The molecule has 1 unspecified atom stereocenters. The van der Waals surface area contributed by atoms with Gasteiger partial charge >= 0.3 is 0 Å². The summed E-state index contributed by atoms with van der Waals surface area (Å²) in [6, 6.07) is 14.5. The van der Waals surface area contributed by atoms with E-state index >= 15 is 0 Å². The monoisotopic (exact) mass is 323 g/mol. The fourth-order valence-corrected chi connectivity index (χ4v) is 3.24. The van der Waals surface area contributed by atoms with Gasteiger partial charge in [0.2, 0.25) is 0 Å². The van der Waals surface area contributed by atoms with Crippen LogP contribution in [-0.2, 0) is 0 Å². The van der Waals surface area contributed by atoms with Crippen molar-refractivity contribution in [3.63, 3.8) is 0 Å². The lowest BCUT2D eigenvalue weighted by atomic mass is 9.97. The Bertz CT molecular complexity index is 813. The molecule has 0 saturated carbocycles. The van der Waals surface area contributed by atoms with Crippen molar-refractivity contribution in [2.24, 2.45) is 0 Å². The van der Waals surface area contributed by atoms with E-state index in [1.807, 2.05) is 18.2 Å². The van der Waals surface area contributed by atoms with E-state index in [2.05, 4.69) is 17.0 Å². The molecule has 6 nitrogen and oxygen atoms in total. The topological polar surface area (TPSA) is 79.4 Å². The van der Waals surface area contributed by atoms with Gasteiger partial charge in [-0.25, -0.2) is 0 Å². The number of hydrogen-bond donors (Lipinski definition) is 0. The van der Waals surface area contributed by atoms with Gasteiger partial charge in [0.1, 0.15) is 11.8 Å². The van der Waals surface area contributed by atoms with E-state index in [0.717, 1.165) is 36.5 Å². The van der Waals surface area contributed by atoms with Gasteiger partial charge in [-0.3, -0.25) is 10.1 Å². The van der Waals surface area contributed by atoms with E-state index in [0.29, 0.717) is 11.5 Å². The number of benzene rings is 2. The van der Waals surface area contributed by atoms with Crippen molar-refractivity contribution >= 4 is 11.4 Å². The summed E-state index contributed by atoms with van der Waals surface area (Å²) in [5.74, 6) is 1.18. The Morgan fingerprint density at radius 3 is 2.83 bits per heavy atom. The maximum absolute atomic E-state index is 10.9. The lowest BCUT2D eigenvalue weighted by Gasteiger charge is -2.20. The number of para-hydroxylation sites is 1. The molecule has 1 atom stereocenters. The quantitative estimate of drug-likeness (QED) is 0.636. The lowest BCUT2D eigenvalue weighted by Crippen LogP contribution is -2.20. The van der Waals surface area contributed by atoms with Crippen molar-refractivity contribution in [3.8, 4) is 11.8 Å². The van der Waals surface area contributed by atoms with Gasteiger partial charge < -0.3 is 9.64 Å². The van der Waals surface area contributed by atoms with Crippen molar-refractivity contribution < 1.29 is 9.66 Å². The highest BCUT2D eigenvalue weighted by Gasteiger charge is 2.28. The number of nitriles is 1. The molecule has 1 aliphatic heterocycles. The molecule has 3 rings (SSSR count). The zero-order chi connectivity index (χ0) is 17.1. The van der Waals surface area contributed by atoms with Crippen molar-refractivity contribution in [1.29, 1.82) is 5.26 Å². The van der Waals surface area contributed by atoms with Gasteiger partial charge in [-0.1, -0.05) is 18.2 Å². The van der Waals surface area contributed by atoms with Crippen molar-refractivity contribution in [3.05, 3.63) is 63.7 Å². The van der Waals surface area contributed by atoms with E-state index in [1.54, 1.807) is 13.2 Å². The molecule has 2 aromatic carbocycles. The third kappa shape index (κ3) is 2.88. The summed E-state index contributed by atoms with van der Waals surface area (Å²) in [6.07, 6.45) is 0.947. The van der Waals surface area contributed by atoms with Crippen LogP contribution in [0.3, 0.4) is 0 Å². The first-order chi connectivity index (χ1) is 11.6. The number of non-ortho nitro benzene ring substituents is 1. The third-order valence-corrected chi connectivity index (χ3v) is 4.42. The van der Waals surface area contributed by atoms with Crippen LogP contribution in [0.25, 0.3) is 0 Å². The van der Waals surface area contributed by atoms with E-state index in [-0.39, 0.29) is 5.69 Å². The Morgan fingerprint density at radius 2 is 2.12 bits per heavy atom. The molecule has 0 aromatic heterocycles. The van der Waals surface area contributed by atoms with Crippen LogP contribution in [0, 0.1) is 21.4 Å². The second-order valence-corrected chi connectivity index (χ2v) is 5.74. The maximum Gasteiger partial charge on any atom is 0.270 e. The van der Waals surface area contributed by atoms with Gasteiger partial charge in [-0.2, -0.15) is 5.26 Å². The summed E-state index contributed by atoms with van der Waals surface area (Å²) in [6.45, 7) is 1.56. The number of nitro benzene ring substituents is 1. The number of ether oxygens (including phenoxy) is 1. The van der Waals surface area contributed by atoms with Gasteiger partial charge in [-0.05, 0) is 24.1 Å². The minimum atomic E-state index is -0.480. The Morgan fingerprint density at radius 1 is 1.33 bits per heavy atom. The molecule has 1 saturated heterocycles. The second-order valence-electron chi connectivity index (χ2n) is 5.74. The molecule has 0 N–H and O–H groups in total. The number of hydrogen-bond acceptors (Lipinski definition) is 5. The normalized spacial score (nSPS) is 16.7. The number of rotatable bonds is 4. The van der Waals surface area contributed by atoms with Gasteiger partial charge in [0, 0.05) is 31.1 Å². The molecule has 2 aromatic rings. The predicted octanol–water partition coefficient (Wildman–Crippen LogP) is 3.47. The van der Waals surface area contributed by atoms with Crippen LogP contribution in [0.2, 0.25) is 0 Å². The molecule has 0 radical (unpaired) electrons.